The number of carbonyl (C=O) groups excluding carboxylic acids is 1. The molecule has 0 saturated carbocycles. The minimum atomic E-state index is -1.29. The van der Waals surface area contributed by atoms with Gasteiger partial charge in [-0.15, -0.1) is 0 Å². The number of aliphatic carboxylic acids is 1. The molecule has 0 saturated heterocycles. The number of amides is 1. The number of benzene rings is 1. The van der Waals surface area contributed by atoms with Gasteiger partial charge in [0.15, 0.2) is 0 Å². The zero-order valence-corrected chi connectivity index (χ0v) is 9.84. The van der Waals surface area contributed by atoms with Gasteiger partial charge in [0.2, 0.25) is 5.91 Å². The van der Waals surface area contributed by atoms with Crippen molar-refractivity contribution in [3.63, 3.8) is 0 Å². The highest BCUT2D eigenvalue weighted by Crippen LogP contribution is 2.25. The Morgan fingerprint density at radius 3 is 2.56 bits per heavy atom. The first kappa shape index (κ1) is 13.6. The van der Waals surface area contributed by atoms with E-state index in [1.54, 1.807) is 6.92 Å². The van der Waals surface area contributed by atoms with E-state index in [0.717, 1.165) is 5.56 Å². The van der Waals surface area contributed by atoms with Crippen LogP contribution in [0.4, 0.5) is 11.4 Å². The summed E-state index contributed by atoms with van der Waals surface area (Å²) in [6, 6.07) is 4.22. The quantitative estimate of drug-likeness (QED) is 0.480. The van der Waals surface area contributed by atoms with Gasteiger partial charge in [0.25, 0.3) is 5.69 Å². The van der Waals surface area contributed by atoms with E-state index in [-0.39, 0.29) is 11.4 Å². The minimum Gasteiger partial charge on any atom is -0.481 e. The summed E-state index contributed by atoms with van der Waals surface area (Å²) in [6.07, 6.45) is 0. The first-order chi connectivity index (χ1) is 8.32. The number of hydrogen-bond acceptors (Lipinski definition) is 4. The average Bonchev–Trinajstić information content (AvgIpc) is 2.27. The second-order valence-corrected chi connectivity index (χ2v) is 3.83. The zero-order valence-electron chi connectivity index (χ0n) is 9.84. The molecule has 2 N–H and O–H groups in total. The Morgan fingerprint density at radius 1 is 1.44 bits per heavy atom. The third kappa shape index (κ3) is 3.03. The van der Waals surface area contributed by atoms with Crippen LogP contribution in [0.3, 0.4) is 0 Å². The van der Waals surface area contributed by atoms with Gasteiger partial charge in [-0.05, 0) is 25.5 Å². The van der Waals surface area contributed by atoms with Gasteiger partial charge in [-0.1, -0.05) is 6.07 Å². The summed E-state index contributed by atoms with van der Waals surface area (Å²) in [5.74, 6) is -3.36. The summed E-state index contributed by atoms with van der Waals surface area (Å²) < 4.78 is 0. The molecule has 1 aromatic rings. The smallest absolute Gasteiger partial charge is 0.315 e. The predicted octanol–water partition coefficient (Wildman–Crippen LogP) is 1.56. The van der Waals surface area contributed by atoms with Crippen LogP contribution in [0.25, 0.3) is 0 Å². The molecule has 0 radical (unpaired) electrons. The maximum Gasteiger partial charge on any atom is 0.315 e. The van der Waals surface area contributed by atoms with Gasteiger partial charge in [0.05, 0.1) is 4.92 Å². The molecule has 1 amide bonds. The number of carboxylic acid groups (broad SMARTS) is 1. The maximum absolute atomic E-state index is 11.5. The van der Waals surface area contributed by atoms with Crippen LogP contribution in [0, 0.1) is 23.0 Å². The topological polar surface area (TPSA) is 110 Å². The van der Waals surface area contributed by atoms with Crippen LogP contribution in [0.5, 0.6) is 0 Å². The summed E-state index contributed by atoms with van der Waals surface area (Å²) in [5.41, 5.74) is 0.448. The van der Waals surface area contributed by atoms with Crippen molar-refractivity contribution < 1.29 is 19.6 Å². The van der Waals surface area contributed by atoms with Crippen molar-refractivity contribution in [1.29, 1.82) is 0 Å². The molecule has 1 unspecified atom stereocenters. The summed E-state index contributed by atoms with van der Waals surface area (Å²) >= 11 is 0. The lowest BCUT2D eigenvalue weighted by Gasteiger charge is -2.09. The molecule has 7 nitrogen and oxygen atoms in total. The number of rotatable bonds is 4. The second kappa shape index (κ2) is 5.26. The molecular formula is C11H12N2O5. The highest BCUT2D eigenvalue weighted by molar-refractivity contribution is 6.04. The van der Waals surface area contributed by atoms with Crippen molar-refractivity contribution in [2.24, 2.45) is 5.92 Å². The van der Waals surface area contributed by atoms with Gasteiger partial charge in [0, 0.05) is 6.07 Å². The van der Waals surface area contributed by atoms with Crippen LogP contribution >= 0.6 is 0 Å². The molecule has 0 aliphatic rings. The van der Waals surface area contributed by atoms with Crippen molar-refractivity contribution in [1.82, 2.24) is 0 Å². The van der Waals surface area contributed by atoms with Crippen LogP contribution in [0.1, 0.15) is 12.5 Å². The Bertz CT molecular complexity index is 512. The first-order valence-electron chi connectivity index (χ1n) is 5.11. The molecule has 96 valence electrons. The monoisotopic (exact) mass is 252 g/mol. The SMILES string of the molecule is Cc1ccc([N+](=O)[O-])c(NC(=O)C(C)C(=O)O)c1. The standard InChI is InChI=1S/C11H12N2O5/c1-6-3-4-9(13(17)18)8(5-6)12-10(14)7(2)11(15)16/h3-5,7H,1-2H3,(H,12,14)(H,15,16). The Hall–Kier alpha value is -2.44. The normalized spacial score (nSPS) is 11.7. The molecule has 1 atom stereocenters. The van der Waals surface area contributed by atoms with Gasteiger partial charge < -0.3 is 10.4 Å². The van der Waals surface area contributed by atoms with Crippen molar-refractivity contribution >= 4 is 23.3 Å². The lowest BCUT2D eigenvalue weighted by molar-refractivity contribution is -0.383. The van der Waals surface area contributed by atoms with Crippen LogP contribution in [0.15, 0.2) is 18.2 Å². The molecule has 0 aliphatic heterocycles. The van der Waals surface area contributed by atoms with E-state index >= 15 is 0 Å². The maximum atomic E-state index is 11.5. The van der Waals surface area contributed by atoms with Gasteiger partial charge in [-0.3, -0.25) is 19.7 Å². The molecule has 0 spiro atoms. The average molecular weight is 252 g/mol. The fraction of sp³-hybridized carbons (Fsp3) is 0.273. The summed E-state index contributed by atoms with van der Waals surface area (Å²) in [6.45, 7) is 2.92. The number of carbonyl (C=O) groups is 2. The lowest BCUT2D eigenvalue weighted by atomic mass is 10.1. The Morgan fingerprint density at radius 2 is 2.06 bits per heavy atom. The van der Waals surface area contributed by atoms with E-state index in [9.17, 15) is 19.7 Å². The molecule has 1 rings (SSSR count). The van der Waals surface area contributed by atoms with E-state index in [0.29, 0.717) is 0 Å². The highest BCUT2D eigenvalue weighted by Gasteiger charge is 2.23. The third-order valence-corrected chi connectivity index (χ3v) is 2.37. The number of hydrogen-bond donors (Lipinski definition) is 2. The fourth-order valence-electron chi connectivity index (χ4n) is 1.26. The van der Waals surface area contributed by atoms with E-state index < -0.39 is 22.7 Å². The molecule has 0 bridgehead atoms. The molecule has 0 fully saturated rings. The number of nitrogens with zero attached hydrogens (tertiary/aromatic N) is 1. The van der Waals surface area contributed by atoms with Crippen LogP contribution < -0.4 is 5.32 Å². The van der Waals surface area contributed by atoms with Gasteiger partial charge in [0.1, 0.15) is 11.6 Å². The first-order valence-corrected chi connectivity index (χ1v) is 5.11. The molecule has 1 aromatic carbocycles. The van der Waals surface area contributed by atoms with Gasteiger partial charge in [-0.2, -0.15) is 0 Å². The number of aryl methyl sites for hydroxylation is 1. The largest absolute Gasteiger partial charge is 0.481 e. The number of nitrogens with one attached hydrogen (secondary N) is 1. The molecule has 18 heavy (non-hydrogen) atoms. The summed E-state index contributed by atoms with van der Waals surface area (Å²) in [5, 5.41) is 21.7. The second-order valence-electron chi connectivity index (χ2n) is 3.83. The Balaban J connectivity index is 3.03. The van der Waals surface area contributed by atoms with E-state index in [1.807, 2.05) is 0 Å². The Labute approximate surface area is 103 Å². The number of carboxylic acids is 1. The number of nitro groups is 1. The predicted molar refractivity (Wildman–Crippen MR) is 63.3 cm³/mol. The van der Waals surface area contributed by atoms with Crippen molar-refractivity contribution in [2.45, 2.75) is 13.8 Å². The van der Waals surface area contributed by atoms with Crippen molar-refractivity contribution in [3.8, 4) is 0 Å². The molecule has 0 heterocycles. The van der Waals surface area contributed by atoms with E-state index in [2.05, 4.69) is 5.32 Å². The van der Waals surface area contributed by atoms with Crippen molar-refractivity contribution in [3.05, 3.63) is 33.9 Å². The van der Waals surface area contributed by atoms with E-state index in [4.69, 9.17) is 5.11 Å². The number of anilines is 1. The number of nitro benzene ring substituents is 1. The third-order valence-electron chi connectivity index (χ3n) is 2.37. The van der Waals surface area contributed by atoms with Gasteiger partial charge in [-0.25, -0.2) is 0 Å². The van der Waals surface area contributed by atoms with Gasteiger partial charge >= 0.3 is 5.97 Å². The van der Waals surface area contributed by atoms with Crippen LogP contribution in [-0.2, 0) is 9.59 Å². The summed E-state index contributed by atoms with van der Waals surface area (Å²) in [7, 11) is 0. The van der Waals surface area contributed by atoms with E-state index in [1.165, 1.54) is 25.1 Å². The molecular weight excluding hydrogens is 240 g/mol. The van der Waals surface area contributed by atoms with Crippen LogP contribution in [-0.4, -0.2) is 21.9 Å². The molecule has 7 heteroatoms. The zero-order chi connectivity index (χ0) is 13.9. The lowest BCUT2D eigenvalue weighted by Crippen LogP contribution is -2.27. The highest BCUT2D eigenvalue weighted by atomic mass is 16.6. The minimum absolute atomic E-state index is 0.00176. The van der Waals surface area contributed by atoms with Crippen molar-refractivity contribution in [2.75, 3.05) is 5.32 Å². The Kier molecular flexibility index (Phi) is 3.98. The fourth-order valence-corrected chi connectivity index (χ4v) is 1.26. The molecule has 0 aromatic heterocycles. The van der Waals surface area contributed by atoms with Crippen LogP contribution in [0.2, 0.25) is 0 Å². The molecule has 0 aliphatic carbocycles. The summed E-state index contributed by atoms with van der Waals surface area (Å²) in [4.78, 5) is 32.3.